The van der Waals surface area contributed by atoms with Crippen molar-refractivity contribution in [1.82, 2.24) is 4.98 Å². The Morgan fingerprint density at radius 2 is 2.38 bits per heavy atom. The molecular formula is C11H18N2O2S. The number of carboxylic acids is 1. The van der Waals surface area contributed by atoms with E-state index >= 15 is 0 Å². The topological polar surface area (TPSA) is 62.2 Å². The van der Waals surface area contributed by atoms with Crippen molar-refractivity contribution in [3.63, 3.8) is 0 Å². The maximum Gasteiger partial charge on any atom is 0.303 e. The second-order valence-electron chi connectivity index (χ2n) is 4.31. The van der Waals surface area contributed by atoms with E-state index in [-0.39, 0.29) is 12.3 Å². The van der Waals surface area contributed by atoms with Crippen LogP contribution in [0, 0.1) is 11.8 Å². The Bertz CT molecular complexity index is 312. The molecule has 0 fully saturated rings. The maximum atomic E-state index is 10.7. The Hall–Kier alpha value is -1.10. The normalized spacial score (nSPS) is 12.7. The molecule has 0 radical (unpaired) electrons. The monoisotopic (exact) mass is 242 g/mol. The first-order valence-electron chi connectivity index (χ1n) is 5.43. The number of aliphatic carboxylic acids is 1. The van der Waals surface area contributed by atoms with Gasteiger partial charge in [-0.05, 0) is 18.3 Å². The number of carboxylic acid groups (broad SMARTS) is 1. The zero-order valence-electron chi connectivity index (χ0n) is 9.64. The van der Waals surface area contributed by atoms with Crippen LogP contribution in [0.25, 0.3) is 0 Å². The van der Waals surface area contributed by atoms with Crippen molar-refractivity contribution < 1.29 is 9.90 Å². The van der Waals surface area contributed by atoms with Gasteiger partial charge in [0, 0.05) is 24.5 Å². The van der Waals surface area contributed by atoms with E-state index in [0.29, 0.717) is 12.5 Å². The molecule has 0 aliphatic heterocycles. The molecule has 1 rings (SSSR count). The molecular weight excluding hydrogens is 224 g/mol. The fraction of sp³-hybridized carbons (Fsp3) is 0.636. The van der Waals surface area contributed by atoms with Gasteiger partial charge in [-0.15, -0.1) is 11.3 Å². The van der Waals surface area contributed by atoms with Crippen molar-refractivity contribution in [2.45, 2.75) is 26.7 Å². The van der Waals surface area contributed by atoms with E-state index in [4.69, 9.17) is 5.11 Å². The van der Waals surface area contributed by atoms with Gasteiger partial charge < -0.3 is 10.4 Å². The third-order valence-corrected chi connectivity index (χ3v) is 2.97. The van der Waals surface area contributed by atoms with E-state index in [1.54, 1.807) is 6.20 Å². The number of aromatic nitrogens is 1. The summed E-state index contributed by atoms with van der Waals surface area (Å²) in [4.78, 5) is 14.8. The van der Waals surface area contributed by atoms with Crippen LogP contribution in [-0.4, -0.2) is 22.6 Å². The number of nitrogens with one attached hydrogen (secondary N) is 1. The maximum absolute atomic E-state index is 10.7. The Morgan fingerprint density at radius 1 is 1.62 bits per heavy atom. The van der Waals surface area contributed by atoms with Crippen LogP contribution in [0.1, 0.15) is 26.7 Å². The molecule has 2 N–H and O–H groups in total. The average molecular weight is 242 g/mol. The molecule has 0 aromatic carbocycles. The predicted molar refractivity (Wildman–Crippen MR) is 65.8 cm³/mol. The van der Waals surface area contributed by atoms with Crippen LogP contribution in [0.5, 0.6) is 0 Å². The highest BCUT2D eigenvalue weighted by Crippen LogP contribution is 2.18. The van der Waals surface area contributed by atoms with E-state index in [2.05, 4.69) is 24.1 Å². The largest absolute Gasteiger partial charge is 0.481 e. The highest BCUT2D eigenvalue weighted by Gasteiger charge is 2.15. The van der Waals surface area contributed by atoms with Gasteiger partial charge in [0.1, 0.15) is 0 Å². The van der Waals surface area contributed by atoms with E-state index in [9.17, 15) is 4.79 Å². The van der Waals surface area contributed by atoms with Crippen molar-refractivity contribution in [3.05, 3.63) is 11.6 Å². The summed E-state index contributed by atoms with van der Waals surface area (Å²) in [5.74, 6) is -0.0459. The Labute approximate surface area is 99.7 Å². The number of carbonyl (C=O) groups is 1. The molecule has 1 aromatic rings. The fourth-order valence-electron chi connectivity index (χ4n) is 1.69. The van der Waals surface area contributed by atoms with Gasteiger partial charge in [0.15, 0.2) is 5.13 Å². The quantitative estimate of drug-likeness (QED) is 0.771. The summed E-state index contributed by atoms with van der Waals surface area (Å²) < 4.78 is 0. The third kappa shape index (κ3) is 5.11. The number of hydrogen-bond acceptors (Lipinski definition) is 4. The van der Waals surface area contributed by atoms with Crippen LogP contribution in [0.2, 0.25) is 0 Å². The molecule has 0 bridgehead atoms. The van der Waals surface area contributed by atoms with E-state index < -0.39 is 5.97 Å². The molecule has 0 amide bonds. The summed E-state index contributed by atoms with van der Waals surface area (Å²) in [6.07, 6.45) is 2.88. The molecule has 0 aliphatic rings. The second kappa shape index (κ2) is 6.48. The molecule has 90 valence electrons. The lowest BCUT2D eigenvalue weighted by molar-refractivity contribution is -0.138. The van der Waals surface area contributed by atoms with Crippen LogP contribution >= 0.6 is 11.3 Å². The molecule has 16 heavy (non-hydrogen) atoms. The number of thiazole rings is 1. The standard InChI is InChI=1S/C11H18N2O2S/c1-8(2)5-9(6-10(14)15)7-13-11-12-3-4-16-11/h3-4,8-9H,5-7H2,1-2H3,(H,12,13)(H,14,15). The van der Waals surface area contributed by atoms with Crippen LogP contribution in [0.4, 0.5) is 5.13 Å². The van der Waals surface area contributed by atoms with Crippen molar-refractivity contribution in [1.29, 1.82) is 0 Å². The molecule has 0 aliphatic carbocycles. The molecule has 4 nitrogen and oxygen atoms in total. The van der Waals surface area contributed by atoms with E-state index in [1.165, 1.54) is 11.3 Å². The van der Waals surface area contributed by atoms with Gasteiger partial charge in [0.25, 0.3) is 0 Å². The van der Waals surface area contributed by atoms with E-state index in [1.807, 2.05) is 5.38 Å². The smallest absolute Gasteiger partial charge is 0.303 e. The number of nitrogens with zero attached hydrogens (tertiary/aromatic N) is 1. The highest BCUT2D eigenvalue weighted by atomic mass is 32.1. The molecule has 0 saturated carbocycles. The lowest BCUT2D eigenvalue weighted by Crippen LogP contribution is -2.19. The first-order chi connectivity index (χ1) is 7.58. The van der Waals surface area contributed by atoms with Gasteiger partial charge in [-0.3, -0.25) is 4.79 Å². The minimum atomic E-state index is -0.730. The summed E-state index contributed by atoms with van der Waals surface area (Å²) in [5, 5.41) is 14.8. The van der Waals surface area contributed by atoms with Crippen LogP contribution in [0.15, 0.2) is 11.6 Å². The Morgan fingerprint density at radius 3 is 2.88 bits per heavy atom. The van der Waals surface area contributed by atoms with Crippen molar-refractivity contribution in [2.24, 2.45) is 11.8 Å². The minimum absolute atomic E-state index is 0.168. The average Bonchev–Trinajstić information content (AvgIpc) is 2.64. The van der Waals surface area contributed by atoms with Crippen LogP contribution in [0.3, 0.4) is 0 Å². The third-order valence-electron chi connectivity index (χ3n) is 2.24. The summed E-state index contributed by atoms with van der Waals surface area (Å²) in [7, 11) is 0. The van der Waals surface area contributed by atoms with Crippen molar-refractivity contribution >= 4 is 22.4 Å². The summed E-state index contributed by atoms with van der Waals surface area (Å²) in [6, 6.07) is 0. The zero-order valence-corrected chi connectivity index (χ0v) is 10.5. The molecule has 1 heterocycles. The van der Waals surface area contributed by atoms with Crippen molar-refractivity contribution in [2.75, 3.05) is 11.9 Å². The van der Waals surface area contributed by atoms with Gasteiger partial charge in [0.2, 0.25) is 0 Å². The second-order valence-corrected chi connectivity index (χ2v) is 5.21. The van der Waals surface area contributed by atoms with Gasteiger partial charge in [-0.2, -0.15) is 0 Å². The molecule has 0 spiro atoms. The Kier molecular flexibility index (Phi) is 5.25. The molecule has 0 saturated heterocycles. The first-order valence-corrected chi connectivity index (χ1v) is 6.31. The van der Waals surface area contributed by atoms with Gasteiger partial charge in [-0.1, -0.05) is 13.8 Å². The Balaban J connectivity index is 2.40. The fourth-order valence-corrected chi connectivity index (χ4v) is 2.23. The van der Waals surface area contributed by atoms with E-state index in [0.717, 1.165) is 11.6 Å². The number of hydrogen-bond donors (Lipinski definition) is 2. The lowest BCUT2D eigenvalue weighted by Gasteiger charge is -2.17. The molecule has 1 atom stereocenters. The summed E-state index contributed by atoms with van der Waals surface area (Å²) in [5.41, 5.74) is 0. The molecule has 1 aromatic heterocycles. The molecule has 5 heteroatoms. The van der Waals surface area contributed by atoms with Gasteiger partial charge in [-0.25, -0.2) is 4.98 Å². The highest BCUT2D eigenvalue weighted by molar-refractivity contribution is 7.13. The molecule has 1 unspecified atom stereocenters. The summed E-state index contributed by atoms with van der Waals surface area (Å²) >= 11 is 1.53. The first kappa shape index (κ1) is 13.0. The summed E-state index contributed by atoms with van der Waals surface area (Å²) in [6.45, 7) is 4.90. The predicted octanol–water partition coefficient (Wildman–Crippen LogP) is 2.69. The minimum Gasteiger partial charge on any atom is -0.481 e. The van der Waals surface area contributed by atoms with Crippen molar-refractivity contribution in [3.8, 4) is 0 Å². The van der Waals surface area contributed by atoms with Crippen LogP contribution in [-0.2, 0) is 4.79 Å². The van der Waals surface area contributed by atoms with Gasteiger partial charge in [0.05, 0.1) is 0 Å². The lowest BCUT2D eigenvalue weighted by atomic mass is 9.94. The van der Waals surface area contributed by atoms with Crippen LogP contribution < -0.4 is 5.32 Å². The number of anilines is 1. The zero-order chi connectivity index (χ0) is 12.0. The SMILES string of the molecule is CC(C)CC(CNc1nccs1)CC(=O)O. The number of rotatable bonds is 7. The van der Waals surface area contributed by atoms with Gasteiger partial charge >= 0.3 is 5.97 Å².